The molecule has 0 atom stereocenters. The van der Waals surface area contributed by atoms with E-state index in [0.717, 1.165) is 49.1 Å². The molecule has 0 unspecified atom stereocenters. The zero-order valence-corrected chi connectivity index (χ0v) is 17.0. The Hall–Kier alpha value is -1.87. The van der Waals surface area contributed by atoms with Crippen LogP contribution in [0.4, 0.5) is 5.69 Å². The van der Waals surface area contributed by atoms with E-state index in [4.69, 9.17) is 23.8 Å². The summed E-state index contributed by atoms with van der Waals surface area (Å²) in [6.07, 6.45) is 0. The van der Waals surface area contributed by atoms with Gasteiger partial charge in [0.05, 0.1) is 12.2 Å². The van der Waals surface area contributed by atoms with E-state index in [0.29, 0.717) is 10.2 Å². The number of anilines is 1. The highest BCUT2D eigenvalue weighted by atomic mass is 35.5. The lowest BCUT2D eigenvalue weighted by Gasteiger charge is -2.37. The van der Waals surface area contributed by atoms with Crippen molar-refractivity contribution in [1.82, 2.24) is 9.47 Å². The Bertz CT molecular complexity index is 921. The van der Waals surface area contributed by atoms with Crippen molar-refractivity contribution in [2.45, 2.75) is 27.4 Å². The molecule has 0 radical (unpaired) electrons. The second-order valence-electron chi connectivity index (χ2n) is 6.87. The standard InChI is InChI=1S/C20H23ClN4S/c1-14-4-5-17(21)11-19(14)24-8-6-23(7-9-24)13-25-16(3)10-15(2)18(12-22)20(25)26/h4-5,10-11H,6-9,13H2,1-3H3. The highest BCUT2D eigenvalue weighted by Crippen LogP contribution is 2.25. The molecular weight excluding hydrogens is 364 g/mol. The number of nitrogens with zero attached hydrogens (tertiary/aromatic N) is 4. The van der Waals surface area contributed by atoms with E-state index in [2.05, 4.69) is 40.3 Å². The van der Waals surface area contributed by atoms with Gasteiger partial charge in [-0.2, -0.15) is 5.26 Å². The van der Waals surface area contributed by atoms with E-state index in [9.17, 15) is 5.26 Å². The molecule has 0 bridgehead atoms. The predicted octanol–water partition coefficient (Wildman–Crippen LogP) is 4.45. The van der Waals surface area contributed by atoms with Gasteiger partial charge in [0.15, 0.2) is 0 Å². The highest BCUT2D eigenvalue weighted by molar-refractivity contribution is 7.71. The molecule has 0 saturated carbocycles. The third-order valence-electron chi connectivity index (χ3n) is 5.04. The fraction of sp³-hybridized carbons (Fsp3) is 0.400. The molecule has 0 N–H and O–H groups in total. The number of aryl methyl sites for hydroxylation is 3. The fourth-order valence-corrected chi connectivity index (χ4v) is 4.07. The van der Waals surface area contributed by atoms with Crippen LogP contribution in [0.3, 0.4) is 0 Å². The number of rotatable bonds is 3. The van der Waals surface area contributed by atoms with Crippen molar-refractivity contribution in [2.24, 2.45) is 0 Å². The van der Waals surface area contributed by atoms with Crippen LogP contribution in [0.15, 0.2) is 24.3 Å². The molecule has 1 aliphatic rings. The first kappa shape index (κ1) is 18.9. The molecule has 0 amide bonds. The van der Waals surface area contributed by atoms with Gasteiger partial charge in [0.1, 0.15) is 10.7 Å². The summed E-state index contributed by atoms with van der Waals surface area (Å²) in [7, 11) is 0. The van der Waals surface area contributed by atoms with Crippen molar-refractivity contribution < 1.29 is 0 Å². The van der Waals surface area contributed by atoms with Crippen LogP contribution in [0.1, 0.15) is 22.4 Å². The minimum atomic E-state index is 0.610. The lowest BCUT2D eigenvalue weighted by Crippen LogP contribution is -2.47. The van der Waals surface area contributed by atoms with Crippen LogP contribution >= 0.6 is 23.8 Å². The summed E-state index contributed by atoms with van der Waals surface area (Å²) in [4.78, 5) is 4.77. The van der Waals surface area contributed by atoms with Crippen molar-refractivity contribution in [1.29, 1.82) is 5.26 Å². The number of aromatic nitrogens is 1. The number of halogens is 1. The quantitative estimate of drug-likeness (QED) is 0.730. The molecule has 0 spiro atoms. The van der Waals surface area contributed by atoms with E-state index < -0.39 is 0 Å². The van der Waals surface area contributed by atoms with Crippen molar-refractivity contribution >= 4 is 29.5 Å². The topological polar surface area (TPSA) is 35.2 Å². The number of pyridine rings is 1. The number of nitriles is 1. The summed E-state index contributed by atoms with van der Waals surface area (Å²) in [5.74, 6) is 0. The van der Waals surface area contributed by atoms with E-state index in [-0.39, 0.29) is 0 Å². The molecular formula is C20H23ClN4S. The zero-order chi connectivity index (χ0) is 18.8. The first-order valence-electron chi connectivity index (χ1n) is 8.75. The molecule has 1 aromatic carbocycles. The average molecular weight is 387 g/mol. The molecule has 1 aliphatic heterocycles. The predicted molar refractivity (Wildman–Crippen MR) is 109 cm³/mol. The summed E-state index contributed by atoms with van der Waals surface area (Å²) in [5.41, 5.74) is 5.12. The normalized spacial score (nSPS) is 15.1. The van der Waals surface area contributed by atoms with Gasteiger partial charge in [-0.3, -0.25) is 4.90 Å². The molecule has 4 nitrogen and oxygen atoms in total. The van der Waals surface area contributed by atoms with Crippen molar-refractivity contribution in [3.63, 3.8) is 0 Å². The summed E-state index contributed by atoms with van der Waals surface area (Å²) >= 11 is 11.7. The first-order chi connectivity index (χ1) is 12.4. The largest absolute Gasteiger partial charge is 0.369 e. The van der Waals surface area contributed by atoms with Crippen LogP contribution < -0.4 is 4.90 Å². The van der Waals surface area contributed by atoms with Gasteiger partial charge in [-0.05, 0) is 50.1 Å². The van der Waals surface area contributed by atoms with E-state index in [1.807, 2.05) is 25.1 Å². The minimum Gasteiger partial charge on any atom is -0.369 e. The molecule has 3 rings (SSSR count). The van der Waals surface area contributed by atoms with Crippen LogP contribution in [-0.4, -0.2) is 35.6 Å². The van der Waals surface area contributed by atoms with Crippen LogP contribution in [0, 0.1) is 36.7 Å². The number of piperazine rings is 1. The Morgan fingerprint density at radius 1 is 1.08 bits per heavy atom. The second-order valence-corrected chi connectivity index (χ2v) is 7.69. The number of benzene rings is 1. The zero-order valence-electron chi connectivity index (χ0n) is 15.4. The van der Waals surface area contributed by atoms with Crippen molar-refractivity contribution in [3.05, 3.63) is 56.3 Å². The van der Waals surface area contributed by atoms with Crippen molar-refractivity contribution in [2.75, 3.05) is 31.1 Å². The van der Waals surface area contributed by atoms with Gasteiger partial charge in [0.25, 0.3) is 0 Å². The Morgan fingerprint density at radius 2 is 1.77 bits per heavy atom. The van der Waals surface area contributed by atoms with Crippen molar-refractivity contribution in [3.8, 4) is 6.07 Å². The second kappa shape index (κ2) is 7.79. The molecule has 2 heterocycles. The SMILES string of the molecule is Cc1ccc(Cl)cc1N1CCN(Cn2c(C)cc(C)c(C#N)c2=S)CC1. The van der Waals surface area contributed by atoms with Gasteiger partial charge >= 0.3 is 0 Å². The molecule has 0 aliphatic carbocycles. The van der Waals surface area contributed by atoms with Gasteiger partial charge in [0.2, 0.25) is 0 Å². The van der Waals surface area contributed by atoms with E-state index in [1.165, 1.54) is 11.3 Å². The maximum absolute atomic E-state index is 9.37. The maximum Gasteiger partial charge on any atom is 0.125 e. The van der Waals surface area contributed by atoms with Gasteiger partial charge < -0.3 is 9.47 Å². The number of hydrogen-bond donors (Lipinski definition) is 0. The van der Waals surface area contributed by atoms with Gasteiger partial charge in [-0.15, -0.1) is 0 Å². The smallest absolute Gasteiger partial charge is 0.125 e. The van der Waals surface area contributed by atoms with E-state index >= 15 is 0 Å². The van der Waals surface area contributed by atoms with E-state index in [1.54, 1.807) is 0 Å². The lowest BCUT2D eigenvalue weighted by molar-refractivity contribution is 0.202. The lowest BCUT2D eigenvalue weighted by atomic mass is 10.1. The van der Waals surface area contributed by atoms with Crippen LogP contribution in [0.25, 0.3) is 0 Å². The monoisotopic (exact) mass is 386 g/mol. The first-order valence-corrected chi connectivity index (χ1v) is 9.54. The summed E-state index contributed by atoms with van der Waals surface area (Å²) in [6.45, 7) is 10.6. The highest BCUT2D eigenvalue weighted by Gasteiger charge is 2.19. The Balaban J connectivity index is 1.73. The third kappa shape index (κ3) is 3.78. The van der Waals surface area contributed by atoms with Gasteiger partial charge in [-0.25, -0.2) is 0 Å². The maximum atomic E-state index is 9.37. The van der Waals surface area contributed by atoms with Gasteiger partial charge in [-0.1, -0.05) is 29.9 Å². The van der Waals surface area contributed by atoms with Crippen LogP contribution in [-0.2, 0) is 6.67 Å². The number of hydrogen-bond acceptors (Lipinski definition) is 4. The molecule has 2 aromatic rings. The molecule has 1 fully saturated rings. The average Bonchev–Trinajstić information content (AvgIpc) is 2.61. The molecule has 26 heavy (non-hydrogen) atoms. The third-order valence-corrected chi connectivity index (χ3v) is 5.70. The van der Waals surface area contributed by atoms with Gasteiger partial charge in [0, 0.05) is 42.6 Å². The summed E-state index contributed by atoms with van der Waals surface area (Å²) in [5, 5.41) is 10.1. The van der Waals surface area contributed by atoms with Crippen LogP contribution in [0.5, 0.6) is 0 Å². The Morgan fingerprint density at radius 3 is 2.42 bits per heavy atom. The molecule has 1 saturated heterocycles. The summed E-state index contributed by atoms with van der Waals surface area (Å²) < 4.78 is 2.71. The molecule has 1 aromatic heterocycles. The summed E-state index contributed by atoms with van der Waals surface area (Å²) in [6, 6.07) is 10.3. The molecule has 136 valence electrons. The molecule has 6 heteroatoms. The Labute approximate surface area is 165 Å². The fourth-order valence-electron chi connectivity index (χ4n) is 3.49. The Kier molecular flexibility index (Phi) is 5.67. The van der Waals surface area contributed by atoms with Crippen LogP contribution in [0.2, 0.25) is 5.02 Å². The minimum absolute atomic E-state index is 0.610.